The van der Waals surface area contributed by atoms with Gasteiger partial charge >= 0.3 is 0 Å². The average Bonchev–Trinajstić information content (AvgIpc) is 3.28. The van der Waals surface area contributed by atoms with E-state index < -0.39 is 10.0 Å². The molecule has 144 valence electrons. The second kappa shape index (κ2) is 6.27. The Labute approximate surface area is 158 Å². The van der Waals surface area contributed by atoms with Gasteiger partial charge in [-0.05, 0) is 37.2 Å². The van der Waals surface area contributed by atoms with E-state index in [0.717, 1.165) is 48.3 Å². The lowest BCUT2D eigenvalue weighted by molar-refractivity contribution is 0.306. The van der Waals surface area contributed by atoms with Gasteiger partial charge in [0.15, 0.2) is 11.3 Å². The first kappa shape index (κ1) is 17.1. The monoisotopic (exact) mass is 388 g/mol. The Morgan fingerprint density at radius 2 is 2.11 bits per heavy atom. The number of sulfonamides is 1. The van der Waals surface area contributed by atoms with Crippen LogP contribution in [-0.4, -0.2) is 56.1 Å². The van der Waals surface area contributed by atoms with Gasteiger partial charge in [-0.15, -0.1) is 10.2 Å². The van der Waals surface area contributed by atoms with E-state index in [9.17, 15) is 8.42 Å². The largest absolute Gasteiger partial charge is 0.345 e. The molecule has 2 fully saturated rings. The van der Waals surface area contributed by atoms with Crippen molar-refractivity contribution in [3.05, 3.63) is 24.3 Å². The van der Waals surface area contributed by atoms with Crippen molar-refractivity contribution in [2.75, 3.05) is 18.8 Å². The molecule has 0 aromatic carbocycles. The van der Waals surface area contributed by atoms with E-state index in [4.69, 9.17) is 0 Å². The maximum Gasteiger partial charge on any atom is 0.214 e. The van der Waals surface area contributed by atoms with E-state index in [-0.39, 0.29) is 17.6 Å². The van der Waals surface area contributed by atoms with Crippen molar-refractivity contribution >= 4 is 26.8 Å². The van der Waals surface area contributed by atoms with Gasteiger partial charge in [0.05, 0.1) is 17.5 Å². The molecule has 3 aromatic rings. The minimum Gasteiger partial charge on any atom is -0.345 e. The van der Waals surface area contributed by atoms with Crippen LogP contribution in [-0.2, 0) is 10.0 Å². The summed E-state index contributed by atoms with van der Waals surface area (Å²) in [5.41, 5.74) is 2.52. The fourth-order valence-corrected chi connectivity index (χ4v) is 6.64. The van der Waals surface area contributed by atoms with Crippen molar-refractivity contribution in [1.82, 2.24) is 28.9 Å². The van der Waals surface area contributed by atoms with Gasteiger partial charge in [0.25, 0.3) is 0 Å². The van der Waals surface area contributed by atoms with E-state index in [1.807, 2.05) is 12.3 Å². The number of aromatic amines is 1. The Morgan fingerprint density at radius 3 is 2.85 bits per heavy atom. The molecule has 3 aromatic heterocycles. The molecule has 1 N–H and O–H groups in total. The molecule has 3 atom stereocenters. The van der Waals surface area contributed by atoms with Gasteiger partial charge in [0.2, 0.25) is 10.0 Å². The fraction of sp³-hybridized carbons (Fsp3) is 0.611. The summed E-state index contributed by atoms with van der Waals surface area (Å²) in [7, 11) is -3.12. The number of H-pyrrole nitrogens is 1. The summed E-state index contributed by atoms with van der Waals surface area (Å²) in [4.78, 5) is 7.52. The lowest BCUT2D eigenvalue weighted by Crippen LogP contribution is -2.44. The van der Waals surface area contributed by atoms with E-state index >= 15 is 0 Å². The molecule has 5 rings (SSSR count). The van der Waals surface area contributed by atoms with Crippen molar-refractivity contribution in [1.29, 1.82) is 0 Å². The standard InChI is InChI=1S/C18H24N6O2S/c1-2-13-8-12(11-27(25,26)23-6-3-7-23)9-14(13)18-22-21-16-10-20-17-15(24(16)18)4-5-19-17/h4-5,10,12-14,19H,2-3,6-9,11H2,1H3. The zero-order valence-corrected chi connectivity index (χ0v) is 16.2. The lowest BCUT2D eigenvalue weighted by atomic mass is 9.93. The van der Waals surface area contributed by atoms with Crippen LogP contribution in [0.15, 0.2) is 18.5 Å². The van der Waals surface area contributed by atoms with Crippen LogP contribution in [0.4, 0.5) is 0 Å². The highest BCUT2D eigenvalue weighted by molar-refractivity contribution is 7.89. The highest BCUT2D eigenvalue weighted by atomic mass is 32.2. The summed E-state index contributed by atoms with van der Waals surface area (Å²) in [5, 5.41) is 8.82. The van der Waals surface area contributed by atoms with Crippen molar-refractivity contribution in [2.45, 2.75) is 38.5 Å². The highest BCUT2D eigenvalue weighted by Gasteiger charge is 2.40. The molecule has 2 aliphatic rings. The first-order valence-corrected chi connectivity index (χ1v) is 11.3. The van der Waals surface area contributed by atoms with Crippen molar-refractivity contribution in [3.63, 3.8) is 0 Å². The van der Waals surface area contributed by atoms with Crippen molar-refractivity contribution in [2.24, 2.45) is 11.8 Å². The summed E-state index contributed by atoms with van der Waals surface area (Å²) in [5.74, 6) is 2.03. The molecule has 9 heteroatoms. The average molecular weight is 388 g/mol. The summed E-state index contributed by atoms with van der Waals surface area (Å²) in [6, 6.07) is 1.99. The van der Waals surface area contributed by atoms with Crippen molar-refractivity contribution in [3.8, 4) is 0 Å². The van der Waals surface area contributed by atoms with Gasteiger partial charge in [-0.25, -0.2) is 17.7 Å². The molecule has 0 spiro atoms. The molecule has 0 radical (unpaired) electrons. The Morgan fingerprint density at radius 1 is 1.26 bits per heavy atom. The van der Waals surface area contributed by atoms with Crippen LogP contribution in [0.5, 0.6) is 0 Å². The Hall–Kier alpha value is -2.00. The molecule has 1 saturated heterocycles. The van der Waals surface area contributed by atoms with Crippen LogP contribution in [0.1, 0.15) is 44.3 Å². The molecular weight excluding hydrogens is 364 g/mol. The van der Waals surface area contributed by atoms with Crippen LogP contribution < -0.4 is 0 Å². The topological polar surface area (TPSA) is 96.2 Å². The van der Waals surface area contributed by atoms with E-state index in [1.165, 1.54) is 0 Å². The predicted molar refractivity (Wildman–Crippen MR) is 102 cm³/mol. The summed E-state index contributed by atoms with van der Waals surface area (Å²) >= 11 is 0. The number of hydrogen-bond donors (Lipinski definition) is 1. The van der Waals surface area contributed by atoms with Gasteiger partial charge in [-0.3, -0.25) is 4.40 Å². The minimum absolute atomic E-state index is 0.182. The first-order chi connectivity index (χ1) is 13.1. The van der Waals surface area contributed by atoms with Crippen LogP contribution in [0.25, 0.3) is 16.8 Å². The number of nitrogens with zero attached hydrogens (tertiary/aromatic N) is 5. The van der Waals surface area contributed by atoms with Gasteiger partial charge < -0.3 is 4.98 Å². The maximum absolute atomic E-state index is 12.6. The molecule has 27 heavy (non-hydrogen) atoms. The number of aromatic nitrogens is 5. The molecule has 1 aliphatic heterocycles. The quantitative estimate of drug-likeness (QED) is 0.722. The summed E-state index contributed by atoms with van der Waals surface area (Å²) < 4.78 is 28.9. The normalized spacial score (nSPS) is 26.8. The van der Waals surface area contributed by atoms with E-state index in [1.54, 1.807) is 10.5 Å². The first-order valence-electron chi connectivity index (χ1n) is 9.71. The molecule has 0 bridgehead atoms. The number of nitrogens with one attached hydrogen (secondary N) is 1. The molecule has 1 aliphatic carbocycles. The SMILES string of the molecule is CCC1CC(CS(=O)(=O)N2CCC2)CC1c1nnc2cnc3[nH]ccc3n12. The van der Waals surface area contributed by atoms with Crippen LogP contribution in [0.2, 0.25) is 0 Å². The van der Waals surface area contributed by atoms with Gasteiger partial charge in [0, 0.05) is 25.2 Å². The second-order valence-corrected chi connectivity index (χ2v) is 9.88. The maximum atomic E-state index is 12.6. The molecule has 1 saturated carbocycles. The number of fused-ring (bicyclic) bond motifs is 3. The van der Waals surface area contributed by atoms with Crippen molar-refractivity contribution < 1.29 is 8.42 Å². The molecular formula is C18H24N6O2S. The van der Waals surface area contributed by atoms with Gasteiger partial charge in [0.1, 0.15) is 5.82 Å². The van der Waals surface area contributed by atoms with Gasteiger partial charge in [-0.2, -0.15) is 0 Å². The smallest absolute Gasteiger partial charge is 0.214 e. The zero-order valence-electron chi connectivity index (χ0n) is 15.4. The minimum atomic E-state index is -3.12. The second-order valence-electron chi connectivity index (χ2n) is 7.86. The zero-order chi connectivity index (χ0) is 18.6. The molecule has 0 amide bonds. The molecule has 8 nitrogen and oxygen atoms in total. The Bertz CT molecular complexity index is 1080. The number of rotatable bonds is 5. The molecule has 4 heterocycles. The Kier molecular flexibility index (Phi) is 3.98. The third-order valence-corrected chi connectivity index (χ3v) is 8.31. The highest BCUT2D eigenvalue weighted by Crippen LogP contribution is 2.45. The third-order valence-electron chi connectivity index (χ3n) is 6.27. The van der Waals surface area contributed by atoms with Gasteiger partial charge in [-0.1, -0.05) is 13.3 Å². The van der Waals surface area contributed by atoms with Crippen LogP contribution in [0, 0.1) is 11.8 Å². The van der Waals surface area contributed by atoms with E-state index in [0.29, 0.717) is 19.0 Å². The Balaban J connectivity index is 1.47. The van der Waals surface area contributed by atoms with E-state index in [2.05, 4.69) is 31.5 Å². The number of hydrogen-bond acceptors (Lipinski definition) is 5. The summed E-state index contributed by atoms with van der Waals surface area (Å²) in [6.45, 7) is 3.55. The fourth-order valence-electron chi connectivity index (χ4n) is 4.75. The third kappa shape index (κ3) is 2.75. The van der Waals surface area contributed by atoms with Crippen LogP contribution >= 0.6 is 0 Å². The molecule has 3 unspecified atom stereocenters. The summed E-state index contributed by atoms with van der Waals surface area (Å²) in [6.07, 6.45) is 7.38. The van der Waals surface area contributed by atoms with Crippen LogP contribution in [0.3, 0.4) is 0 Å². The predicted octanol–water partition coefficient (Wildman–Crippen LogP) is 2.16. The lowest BCUT2D eigenvalue weighted by Gasteiger charge is -2.30.